The highest BCUT2D eigenvalue weighted by atomic mass is 127. The first-order chi connectivity index (χ1) is 13.8. The molecule has 1 aliphatic rings. The van der Waals surface area contributed by atoms with Crippen LogP contribution >= 0.6 is 68.5 Å². The molecule has 2 amide bonds. The molecule has 0 unspecified atom stereocenters. The summed E-state index contributed by atoms with van der Waals surface area (Å²) >= 11 is 11.0. The Morgan fingerprint density at radius 3 is 2.52 bits per heavy atom. The van der Waals surface area contributed by atoms with E-state index in [0.29, 0.717) is 21.4 Å². The molecule has 0 spiro atoms. The fourth-order valence-corrected chi connectivity index (χ4v) is 5.60. The molecule has 2 aromatic carbocycles. The van der Waals surface area contributed by atoms with Crippen molar-refractivity contribution < 1.29 is 23.9 Å². The van der Waals surface area contributed by atoms with Gasteiger partial charge in [0.15, 0.2) is 6.61 Å². The van der Waals surface area contributed by atoms with E-state index in [0.717, 1.165) is 29.4 Å². The van der Waals surface area contributed by atoms with Crippen LogP contribution in [0.25, 0.3) is 6.08 Å². The second-order valence-corrected chi connectivity index (χ2v) is 9.43. The second kappa shape index (κ2) is 9.67. The number of halogens is 3. The lowest BCUT2D eigenvalue weighted by Gasteiger charge is -2.12. The van der Waals surface area contributed by atoms with E-state index in [4.69, 9.17) is 16.3 Å². The SMILES string of the molecule is COC(=O)COc1c(I)cc(/C=C2/SC(=O)N(c3cccc(Cl)c3)C2=O)cc1I. The first-order valence-corrected chi connectivity index (χ1v) is 11.4. The van der Waals surface area contributed by atoms with Gasteiger partial charge in [0.1, 0.15) is 5.75 Å². The number of nitrogens with zero attached hydrogens (tertiary/aromatic N) is 1. The normalized spacial score (nSPS) is 15.2. The summed E-state index contributed by atoms with van der Waals surface area (Å²) in [7, 11) is 1.29. The summed E-state index contributed by atoms with van der Waals surface area (Å²) in [4.78, 5) is 37.9. The van der Waals surface area contributed by atoms with Crippen LogP contribution in [0, 0.1) is 7.14 Å². The Labute approximate surface area is 203 Å². The first-order valence-electron chi connectivity index (χ1n) is 8.02. The summed E-state index contributed by atoms with van der Waals surface area (Å²) < 4.78 is 11.6. The van der Waals surface area contributed by atoms with Gasteiger partial charge in [0.25, 0.3) is 11.1 Å². The van der Waals surface area contributed by atoms with Gasteiger partial charge in [-0.1, -0.05) is 17.7 Å². The molecule has 0 bridgehead atoms. The average Bonchev–Trinajstić information content (AvgIpc) is 2.94. The zero-order chi connectivity index (χ0) is 21.1. The lowest BCUT2D eigenvalue weighted by molar-refractivity contribution is -0.142. The van der Waals surface area contributed by atoms with E-state index in [2.05, 4.69) is 49.9 Å². The van der Waals surface area contributed by atoms with Gasteiger partial charge in [-0.3, -0.25) is 9.59 Å². The number of hydrogen-bond donors (Lipinski definition) is 0. The van der Waals surface area contributed by atoms with Gasteiger partial charge in [-0.2, -0.15) is 0 Å². The standard InChI is InChI=1S/C19H12ClI2NO5S/c1-27-16(24)9-28-17-13(21)5-10(6-14(17)22)7-15-18(25)23(19(26)29-15)12-4-2-3-11(20)8-12/h2-8H,9H2,1H3/b15-7+. The molecule has 0 aliphatic carbocycles. The van der Waals surface area contributed by atoms with Gasteiger partial charge >= 0.3 is 5.97 Å². The van der Waals surface area contributed by atoms with Crippen molar-refractivity contribution in [1.29, 1.82) is 0 Å². The Morgan fingerprint density at radius 2 is 1.90 bits per heavy atom. The maximum Gasteiger partial charge on any atom is 0.343 e. The van der Waals surface area contributed by atoms with Gasteiger partial charge in [0, 0.05) is 5.02 Å². The minimum absolute atomic E-state index is 0.194. The lowest BCUT2D eigenvalue weighted by Crippen LogP contribution is -2.27. The van der Waals surface area contributed by atoms with Crippen LogP contribution in [-0.2, 0) is 14.3 Å². The van der Waals surface area contributed by atoms with Crippen LogP contribution in [0.2, 0.25) is 5.02 Å². The van der Waals surface area contributed by atoms with Crippen LogP contribution in [0.3, 0.4) is 0 Å². The molecule has 0 radical (unpaired) electrons. The number of benzene rings is 2. The highest BCUT2D eigenvalue weighted by Gasteiger charge is 2.36. The van der Waals surface area contributed by atoms with E-state index >= 15 is 0 Å². The van der Waals surface area contributed by atoms with Crippen LogP contribution in [0.5, 0.6) is 5.75 Å². The summed E-state index contributed by atoms with van der Waals surface area (Å²) in [6, 6.07) is 10.2. The zero-order valence-corrected chi connectivity index (χ0v) is 20.7. The van der Waals surface area contributed by atoms with Crippen molar-refractivity contribution in [1.82, 2.24) is 0 Å². The van der Waals surface area contributed by atoms with E-state index in [-0.39, 0.29) is 11.8 Å². The number of carbonyl (C=O) groups is 3. The van der Waals surface area contributed by atoms with E-state index in [1.807, 2.05) is 12.1 Å². The van der Waals surface area contributed by atoms with Crippen molar-refractivity contribution in [3.8, 4) is 5.75 Å². The number of anilines is 1. The van der Waals surface area contributed by atoms with Crippen molar-refractivity contribution >= 4 is 97.4 Å². The molecule has 3 rings (SSSR count). The molecule has 29 heavy (non-hydrogen) atoms. The van der Waals surface area contributed by atoms with Crippen molar-refractivity contribution in [2.75, 3.05) is 18.6 Å². The van der Waals surface area contributed by atoms with Gasteiger partial charge in [0.05, 0.1) is 24.8 Å². The van der Waals surface area contributed by atoms with Crippen molar-refractivity contribution in [3.05, 3.63) is 59.0 Å². The third-order valence-electron chi connectivity index (χ3n) is 3.74. The average molecular weight is 656 g/mol. The minimum atomic E-state index is -0.477. The maximum atomic E-state index is 12.8. The molecule has 150 valence electrons. The Morgan fingerprint density at radius 1 is 1.21 bits per heavy atom. The van der Waals surface area contributed by atoms with E-state index in [9.17, 15) is 14.4 Å². The van der Waals surface area contributed by atoms with E-state index in [1.165, 1.54) is 7.11 Å². The third kappa shape index (κ3) is 5.25. The van der Waals surface area contributed by atoms with Crippen LogP contribution < -0.4 is 9.64 Å². The minimum Gasteiger partial charge on any atom is -0.480 e. The Balaban J connectivity index is 1.86. The maximum absolute atomic E-state index is 12.8. The highest BCUT2D eigenvalue weighted by Crippen LogP contribution is 2.37. The number of rotatable bonds is 5. The van der Waals surface area contributed by atoms with Crippen molar-refractivity contribution in [3.63, 3.8) is 0 Å². The summed E-state index contributed by atoms with van der Waals surface area (Å²) in [5.74, 6) is -0.325. The summed E-state index contributed by atoms with van der Waals surface area (Å²) in [5, 5.41) is 0.0584. The molecule has 1 fully saturated rings. The van der Waals surface area contributed by atoms with Crippen LogP contribution in [0.1, 0.15) is 5.56 Å². The largest absolute Gasteiger partial charge is 0.480 e. The molecule has 10 heteroatoms. The molecule has 1 saturated heterocycles. The molecular weight excluding hydrogens is 644 g/mol. The molecule has 0 N–H and O–H groups in total. The predicted molar refractivity (Wildman–Crippen MR) is 129 cm³/mol. The number of thioether (sulfide) groups is 1. The van der Waals surface area contributed by atoms with Crippen LogP contribution in [0.4, 0.5) is 10.5 Å². The van der Waals surface area contributed by atoms with Gasteiger partial charge in [-0.05, 0) is 98.9 Å². The quantitative estimate of drug-likeness (QED) is 0.246. The molecule has 2 aromatic rings. The first kappa shape index (κ1) is 22.4. The van der Waals surface area contributed by atoms with Crippen LogP contribution in [-0.4, -0.2) is 30.8 Å². The number of amides is 2. The van der Waals surface area contributed by atoms with Crippen molar-refractivity contribution in [2.45, 2.75) is 0 Å². The number of esters is 1. The van der Waals surface area contributed by atoms with Gasteiger partial charge in [-0.15, -0.1) is 0 Å². The van der Waals surface area contributed by atoms with Crippen molar-refractivity contribution in [2.24, 2.45) is 0 Å². The number of carbonyl (C=O) groups excluding carboxylic acids is 3. The van der Waals surface area contributed by atoms with E-state index < -0.39 is 11.9 Å². The van der Waals surface area contributed by atoms with Crippen LogP contribution in [0.15, 0.2) is 41.3 Å². The second-order valence-electron chi connectivity index (χ2n) is 5.68. The lowest BCUT2D eigenvalue weighted by atomic mass is 10.2. The Kier molecular flexibility index (Phi) is 7.46. The molecule has 6 nitrogen and oxygen atoms in total. The highest BCUT2D eigenvalue weighted by molar-refractivity contribution is 14.1. The zero-order valence-electron chi connectivity index (χ0n) is 14.8. The van der Waals surface area contributed by atoms with Gasteiger partial charge in [0.2, 0.25) is 0 Å². The molecular formula is C19H12ClI2NO5S. The summed E-state index contributed by atoms with van der Waals surface area (Å²) in [5.41, 5.74) is 1.17. The van der Waals surface area contributed by atoms with E-state index in [1.54, 1.807) is 30.3 Å². The topological polar surface area (TPSA) is 72.9 Å². The van der Waals surface area contributed by atoms with Gasteiger partial charge in [-0.25, -0.2) is 9.69 Å². The number of ether oxygens (including phenoxy) is 2. The molecule has 1 aliphatic heterocycles. The Hall–Kier alpha value is -1.31. The number of methoxy groups -OCH3 is 1. The smallest absolute Gasteiger partial charge is 0.343 e. The monoisotopic (exact) mass is 655 g/mol. The predicted octanol–water partition coefficient (Wildman–Crippen LogP) is 5.34. The molecule has 0 saturated carbocycles. The molecule has 1 heterocycles. The molecule has 0 aromatic heterocycles. The summed E-state index contributed by atoms with van der Waals surface area (Å²) in [6.07, 6.45) is 1.66. The third-order valence-corrected chi connectivity index (χ3v) is 6.45. The number of imide groups is 1. The Bertz CT molecular complexity index is 1020. The fraction of sp³-hybridized carbons (Fsp3) is 0.105. The fourth-order valence-electron chi connectivity index (χ4n) is 2.45. The molecule has 0 atom stereocenters. The number of hydrogen-bond acceptors (Lipinski definition) is 6. The summed E-state index contributed by atoms with van der Waals surface area (Å²) in [6.45, 7) is -0.194. The van der Waals surface area contributed by atoms with Gasteiger partial charge < -0.3 is 9.47 Å².